The smallest absolute Gasteiger partial charge is 0.233 e. The van der Waals surface area contributed by atoms with Crippen LogP contribution < -0.4 is 5.32 Å². The van der Waals surface area contributed by atoms with Gasteiger partial charge in [-0.25, -0.2) is 0 Å². The summed E-state index contributed by atoms with van der Waals surface area (Å²) >= 11 is 8.20. The molecule has 0 saturated heterocycles. The monoisotopic (exact) mass is 315 g/mol. The highest BCUT2D eigenvalue weighted by molar-refractivity contribution is 8.47. The number of hydrogen-bond donors (Lipinski definition) is 2. The van der Waals surface area contributed by atoms with Crippen LogP contribution in [-0.4, -0.2) is 32.9 Å². The summed E-state index contributed by atoms with van der Waals surface area (Å²) in [6.07, 6.45) is 0. The normalized spacial score (nSPS) is 11.9. The number of carbonyl (C=O) groups excluding carboxylic acids is 1. The zero-order valence-corrected chi connectivity index (χ0v) is 13.1. The maximum atomic E-state index is 11.6. The van der Waals surface area contributed by atoms with Crippen LogP contribution in [0.25, 0.3) is 0 Å². The van der Waals surface area contributed by atoms with Gasteiger partial charge in [0.05, 0.1) is 11.9 Å². The summed E-state index contributed by atoms with van der Waals surface area (Å²) in [7, 11) is 0. The van der Waals surface area contributed by atoms with E-state index in [0.29, 0.717) is 0 Å². The number of aliphatic hydroxyl groups excluding tert-OH is 1. The van der Waals surface area contributed by atoms with Gasteiger partial charge in [0.1, 0.15) is 3.53 Å². The number of aliphatic hydroxyl groups is 1. The van der Waals surface area contributed by atoms with Gasteiger partial charge in [-0.05, 0) is 12.5 Å². The largest absolute Gasteiger partial charge is 0.395 e. The van der Waals surface area contributed by atoms with Gasteiger partial charge >= 0.3 is 0 Å². The molecule has 0 heterocycles. The highest BCUT2D eigenvalue weighted by atomic mass is 32.2. The van der Waals surface area contributed by atoms with E-state index in [1.807, 2.05) is 25.1 Å². The number of carbonyl (C=O) groups is 1. The Bertz CT molecular complexity index is 412. The molecule has 1 amide bonds. The van der Waals surface area contributed by atoms with Crippen LogP contribution in [0.4, 0.5) is 0 Å². The summed E-state index contributed by atoms with van der Waals surface area (Å²) in [6.45, 7) is 2.05. The molecule has 1 aromatic carbocycles. The molecule has 1 unspecified atom stereocenters. The number of amides is 1. The van der Waals surface area contributed by atoms with E-state index in [1.54, 1.807) is 11.8 Å². The molecule has 1 rings (SSSR count). The van der Waals surface area contributed by atoms with Crippen LogP contribution in [0.5, 0.6) is 0 Å². The zero-order chi connectivity index (χ0) is 14.1. The minimum atomic E-state index is -0.234. The van der Waals surface area contributed by atoms with Crippen molar-refractivity contribution in [1.29, 1.82) is 0 Å². The molecule has 0 aliphatic rings. The van der Waals surface area contributed by atoms with Crippen molar-refractivity contribution < 1.29 is 9.90 Å². The summed E-state index contributed by atoms with van der Waals surface area (Å²) in [6, 6.07) is 10.1. The summed E-state index contributed by atoms with van der Waals surface area (Å²) in [5, 5.41) is 11.0. The number of nitrogens with one attached hydrogen (secondary N) is 1. The lowest BCUT2D eigenvalue weighted by molar-refractivity contribution is -0.120. The SMILES string of the molecule is CC(SC(=S)SCc1ccccc1)C(=O)NCCO. The molecule has 3 nitrogen and oxygen atoms in total. The van der Waals surface area contributed by atoms with Crippen LogP contribution in [0.3, 0.4) is 0 Å². The summed E-state index contributed by atoms with van der Waals surface area (Å²) < 4.78 is 0.760. The van der Waals surface area contributed by atoms with Gasteiger partial charge in [-0.3, -0.25) is 4.79 Å². The lowest BCUT2D eigenvalue weighted by Gasteiger charge is -2.11. The summed E-state index contributed by atoms with van der Waals surface area (Å²) in [5.74, 6) is 0.721. The van der Waals surface area contributed by atoms with Crippen LogP contribution >= 0.6 is 35.7 Å². The topological polar surface area (TPSA) is 49.3 Å². The van der Waals surface area contributed by atoms with Gasteiger partial charge in [0.25, 0.3) is 0 Å². The van der Waals surface area contributed by atoms with Crippen molar-refractivity contribution in [3.8, 4) is 0 Å². The molecular formula is C13H17NO2S3. The van der Waals surface area contributed by atoms with Gasteiger partial charge < -0.3 is 10.4 Å². The Kier molecular flexibility index (Phi) is 8.13. The minimum absolute atomic E-state index is 0.0453. The molecule has 6 heteroatoms. The van der Waals surface area contributed by atoms with Gasteiger partial charge in [-0.2, -0.15) is 0 Å². The van der Waals surface area contributed by atoms with Crippen molar-refractivity contribution in [3.63, 3.8) is 0 Å². The average Bonchev–Trinajstić information content (AvgIpc) is 2.43. The lowest BCUT2D eigenvalue weighted by Crippen LogP contribution is -2.33. The van der Waals surface area contributed by atoms with Crippen molar-refractivity contribution in [2.45, 2.75) is 17.9 Å². The van der Waals surface area contributed by atoms with Crippen molar-refractivity contribution >= 4 is 45.2 Å². The molecule has 104 valence electrons. The molecule has 0 aliphatic heterocycles. The fraction of sp³-hybridized carbons (Fsp3) is 0.385. The maximum absolute atomic E-state index is 11.6. The van der Waals surface area contributed by atoms with E-state index in [1.165, 1.54) is 17.3 Å². The van der Waals surface area contributed by atoms with Gasteiger partial charge in [-0.15, -0.1) is 11.8 Å². The van der Waals surface area contributed by atoms with E-state index >= 15 is 0 Å². The zero-order valence-electron chi connectivity index (χ0n) is 10.7. The van der Waals surface area contributed by atoms with E-state index in [-0.39, 0.29) is 24.3 Å². The molecule has 0 spiro atoms. The molecule has 0 aromatic heterocycles. The van der Waals surface area contributed by atoms with Gasteiger partial charge in [-0.1, -0.05) is 54.3 Å². The Morgan fingerprint density at radius 1 is 1.42 bits per heavy atom. The molecule has 0 aliphatic carbocycles. The third-order valence-corrected chi connectivity index (χ3v) is 5.01. The average molecular weight is 315 g/mol. The van der Waals surface area contributed by atoms with Gasteiger partial charge in [0.15, 0.2) is 0 Å². The number of hydrogen-bond acceptors (Lipinski definition) is 5. The van der Waals surface area contributed by atoms with Gasteiger partial charge in [0.2, 0.25) is 5.91 Å². The maximum Gasteiger partial charge on any atom is 0.233 e. The van der Waals surface area contributed by atoms with E-state index in [9.17, 15) is 4.79 Å². The quantitative estimate of drug-likeness (QED) is 0.790. The van der Waals surface area contributed by atoms with E-state index in [4.69, 9.17) is 17.3 Å². The number of thiocarbonyl (C=S) groups is 1. The van der Waals surface area contributed by atoms with Crippen molar-refractivity contribution in [2.75, 3.05) is 13.2 Å². The Labute approximate surface area is 127 Å². The molecule has 0 saturated carbocycles. The first-order chi connectivity index (χ1) is 9.13. The Hall–Kier alpha value is -0.560. The van der Waals surface area contributed by atoms with Crippen LogP contribution in [0.2, 0.25) is 0 Å². The van der Waals surface area contributed by atoms with Crippen LogP contribution in [0.15, 0.2) is 30.3 Å². The molecule has 1 atom stereocenters. The first kappa shape index (κ1) is 16.5. The Balaban J connectivity index is 2.29. The fourth-order valence-corrected chi connectivity index (χ4v) is 3.72. The van der Waals surface area contributed by atoms with Crippen LogP contribution in [-0.2, 0) is 10.5 Å². The molecule has 0 radical (unpaired) electrons. The molecule has 0 bridgehead atoms. The number of rotatable bonds is 6. The summed E-state index contributed by atoms with van der Waals surface area (Å²) in [5.41, 5.74) is 1.22. The molecule has 2 N–H and O–H groups in total. The molecule has 0 fully saturated rings. The van der Waals surface area contributed by atoms with E-state index in [0.717, 1.165) is 9.28 Å². The van der Waals surface area contributed by atoms with Gasteiger partial charge in [0, 0.05) is 12.3 Å². The Morgan fingerprint density at radius 3 is 2.74 bits per heavy atom. The Morgan fingerprint density at radius 2 is 2.11 bits per heavy atom. The first-order valence-electron chi connectivity index (χ1n) is 5.89. The summed E-state index contributed by atoms with van der Waals surface area (Å²) in [4.78, 5) is 11.6. The van der Waals surface area contributed by atoms with Crippen molar-refractivity contribution in [3.05, 3.63) is 35.9 Å². The highest BCUT2D eigenvalue weighted by Gasteiger charge is 2.15. The third kappa shape index (κ3) is 6.96. The first-order valence-corrected chi connectivity index (χ1v) is 8.16. The van der Waals surface area contributed by atoms with E-state index < -0.39 is 0 Å². The molecule has 1 aromatic rings. The van der Waals surface area contributed by atoms with E-state index in [2.05, 4.69) is 17.4 Å². The fourth-order valence-electron chi connectivity index (χ4n) is 1.27. The second-order valence-corrected chi connectivity index (χ2v) is 7.32. The predicted molar refractivity (Wildman–Crippen MR) is 87.5 cm³/mol. The van der Waals surface area contributed by atoms with Crippen molar-refractivity contribution in [1.82, 2.24) is 5.32 Å². The predicted octanol–water partition coefficient (Wildman–Crippen LogP) is 2.43. The van der Waals surface area contributed by atoms with Crippen molar-refractivity contribution in [2.24, 2.45) is 0 Å². The second kappa shape index (κ2) is 9.36. The second-order valence-electron chi connectivity index (χ2n) is 3.80. The minimum Gasteiger partial charge on any atom is -0.395 e. The number of benzene rings is 1. The van der Waals surface area contributed by atoms with Crippen LogP contribution in [0.1, 0.15) is 12.5 Å². The number of thioether (sulfide) groups is 2. The highest BCUT2D eigenvalue weighted by Crippen LogP contribution is 2.25. The van der Waals surface area contributed by atoms with Crippen LogP contribution in [0, 0.1) is 0 Å². The third-order valence-electron chi connectivity index (χ3n) is 2.25. The molecular weight excluding hydrogens is 298 g/mol. The standard InChI is InChI=1S/C13H17NO2S3/c1-10(12(16)14-7-8-15)19-13(17)18-9-11-5-3-2-4-6-11/h2-6,10,15H,7-9H2,1H3,(H,14,16). The molecule has 19 heavy (non-hydrogen) atoms. The lowest BCUT2D eigenvalue weighted by atomic mass is 10.2.